The number of rotatable bonds is 6. The third kappa shape index (κ3) is 3.74. The molecule has 28 heavy (non-hydrogen) atoms. The van der Waals surface area contributed by atoms with Gasteiger partial charge in [-0.2, -0.15) is 5.26 Å². The number of imidazole rings is 1. The lowest BCUT2D eigenvalue weighted by Crippen LogP contribution is -2.01. The highest BCUT2D eigenvalue weighted by molar-refractivity contribution is 5.83. The lowest BCUT2D eigenvalue weighted by molar-refractivity contribution is 0.413. The predicted molar refractivity (Wildman–Crippen MR) is 108 cm³/mol. The second kappa shape index (κ2) is 7.72. The minimum absolute atomic E-state index is 0.552. The summed E-state index contributed by atoms with van der Waals surface area (Å²) in [6.07, 6.45) is 0. The van der Waals surface area contributed by atoms with Crippen molar-refractivity contribution < 1.29 is 9.47 Å². The lowest BCUT2D eigenvalue weighted by atomic mass is 10.2. The number of para-hydroxylation sites is 1. The van der Waals surface area contributed by atoms with Gasteiger partial charge in [-0.25, -0.2) is 4.98 Å². The van der Waals surface area contributed by atoms with E-state index in [4.69, 9.17) is 9.47 Å². The van der Waals surface area contributed by atoms with Gasteiger partial charge in [-0.1, -0.05) is 18.2 Å². The van der Waals surface area contributed by atoms with E-state index in [1.54, 1.807) is 13.2 Å². The van der Waals surface area contributed by atoms with E-state index in [-0.39, 0.29) is 0 Å². The molecule has 1 aromatic heterocycles. The van der Waals surface area contributed by atoms with Crippen LogP contribution in [-0.2, 0) is 6.54 Å². The molecule has 2 N–H and O–H groups in total. The Kier molecular flexibility index (Phi) is 4.81. The summed E-state index contributed by atoms with van der Waals surface area (Å²) in [4.78, 5) is 7.66. The van der Waals surface area contributed by atoms with Crippen LogP contribution in [0.1, 0.15) is 11.1 Å². The zero-order chi connectivity index (χ0) is 19.3. The Morgan fingerprint density at radius 3 is 2.57 bits per heavy atom. The van der Waals surface area contributed by atoms with Crippen LogP contribution >= 0.6 is 0 Å². The third-order valence-electron chi connectivity index (χ3n) is 4.29. The van der Waals surface area contributed by atoms with Gasteiger partial charge in [0.25, 0.3) is 0 Å². The van der Waals surface area contributed by atoms with Crippen LogP contribution in [0.2, 0.25) is 0 Å². The van der Waals surface area contributed by atoms with E-state index < -0.39 is 0 Å². The summed E-state index contributed by atoms with van der Waals surface area (Å²) in [6, 6.07) is 22.9. The number of hydrogen-bond acceptors (Lipinski definition) is 5. The highest BCUT2D eigenvalue weighted by Gasteiger charge is 2.07. The van der Waals surface area contributed by atoms with Crippen LogP contribution in [0.5, 0.6) is 17.2 Å². The molecule has 138 valence electrons. The molecule has 0 saturated carbocycles. The van der Waals surface area contributed by atoms with Crippen LogP contribution in [-0.4, -0.2) is 17.1 Å². The zero-order valence-electron chi connectivity index (χ0n) is 15.3. The molecule has 0 aliphatic carbocycles. The van der Waals surface area contributed by atoms with Gasteiger partial charge in [-0.15, -0.1) is 0 Å². The predicted octanol–water partition coefficient (Wildman–Crippen LogP) is 4.85. The summed E-state index contributed by atoms with van der Waals surface area (Å²) in [5.74, 6) is 2.91. The maximum absolute atomic E-state index is 9.19. The number of hydrogen-bond donors (Lipinski definition) is 2. The molecule has 0 fully saturated rings. The summed E-state index contributed by atoms with van der Waals surface area (Å²) < 4.78 is 11.1. The van der Waals surface area contributed by atoms with E-state index >= 15 is 0 Å². The second-order valence-electron chi connectivity index (χ2n) is 6.18. The number of fused-ring (bicyclic) bond motifs is 1. The quantitative estimate of drug-likeness (QED) is 0.507. The Balaban J connectivity index is 1.45. The molecule has 0 spiro atoms. The lowest BCUT2D eigenvalue weighted by Gasteiger charge is -2.09. The number of H-pyrrole nitrogens is 1. The minimum atomic E-state index is 0.552. The number of nitrogens with one attached hydrogen (secondary N) is 2. The number of ether oxygens (including phenoxy) is 2. The standard InChI is InChI=1S/C22H18N4O2/c1-27-17-8-10-18(11-9-17)28-19-6-2-4-15(12-19)14-24-22-25-20-7-3-5-16(13-23)21(20)26-22/h2-12H,14H2,1H3,(H2,24,25,26). The fourth-order valence-electron chi connectivity index (χ4n) is 2.89. The fraction of sp³-hybridized carbons (Fsp3) is 0.0909. The number of methoxy groups -OCH3 is 1. The second-order valence-corrected chi connectivity index (χ2v) is 6.18. The maximum atomic E-state index is 9.19. The molecule has 6 heteroatoms. The van der Waals surface area contributed by atoms with Gasteiger partial charge in [0, 0.05) is 6.54 Å². The Labute approximate surface area is 162 Å². The van der Waals surface area contributed by atoms with Crippen molar-refractivity contribution in [1.29, 1.82) is 5.26 Å². The van der Waals surface area contributed by atoms with Crippen LogP contribution in [0.15, 0.2) is 66.7 Å². The summed E-state index contributed by atoms with van der Waals surface area (Å²) in [6.45, 7) is 0.571. The van der Waals surface area contributed by atoms with Crippen LogP contribution in [0.3, 0.4) is 0 Å². The van der Waals surface area contributed by atoms with Crippen LogP contribution < -0.4 is 14.8 Å². The first-order valence-electron chi connectivity index (χ1n) is 8.79. The van der Waals surface area contributed by atoms with Crippen LogP contribution in [0, 0.1) is 11.3 Å². The van der Waals surface area contributed by atoms with Gasteiger partial charge in [-0.05, 0) is 54.1 Å². The number of nitriles is 1. The molecule has 0 bridgehead atoms. The van der Waals surface area contributed by atoms with Crippen molar-refractivity contribution in [3.8, 4) is 23.3 Å². The molecule has 0 radical (unpaired) electrons. The normalized spacial score (nSPS) is 10.4. The number of benzene rings is 3. The zero-order valence-corrected chi connectivity index (χ0v) is 15.3. The van der Waals surface area contributed by atoms with E-state index in [2.05, 4.69) is 21.4 Å². The van der Waals surface area contributed by atoms with Crippen molar-refractivity contribution in [2.45, 2.75) is 6.54 Å². The van der Waals surface area contributed by atoms with Gasteiger partial charge >= 0.3 is 0 Å². The molecule has 1 heterocycles. The molecule has 0 unspecified atom stereocenters. The Bertz CT molecular complexity index is 1140. The topological polar surface area (TPSA) is 83.0 Å². The van der Waals surface area contributed by atoms with E-state index in [0.29, 0.717) is 23.6 Å². The van der Waals surface area contributed by atoms with Gasteiger partial charge < -0.3 is 19.8 Å². The smallest absolute Gasteiger partial charge is 0.201 e. The number of nitrogens with zero attached hydrogens (tertiary/aromatic N) is 2. The first kappa shape index (κ1) is 17.4. The molecule has 6 nitrogen and oxygen atoms in total. The van der Waals surface area contributed by atoms with Crippen molar-refractivity contribution in [2.75, 3.05) is 12.4 Å². The number of aromatic amines is 1. The van der Waals surface area contributed by atoms with Crippen molar-refractivity contribution >= 4 is 17.0 Å². The minimum Gasteiger partial charge on any atom is -0.497 e. The molecule has 3 aromatic carbocycles. The van der Waals surface area contributed by atoms with Crippen molar-refractivity contribution in [3.63, 3.8) is 0 Å². The highest BCUT2D eigenvalue weighted by atomic mass is 16.5. The van der Waals surface area contributed by atoms with E-state index in [1.165, 1.54) is 0 Å². The average Bonchev–Trinajstić information content (AvgIpc) is 3.16. The molecule has 4 rings (SSSR count). The monoisotopic (exact) mass is 370 g/mol. The Morgan fingerprint density at radius 2 is 1.79 bits per heavy atom. The van der Waals surface area contributed by atoms with Gasteiger partial charge in [0.2, 0.25) is 5.95 Å². The van der Waals surface area contributed by atoms with Crippen LogP contribution in [0.25, 0.3) is 11.0 Å². The molecule has 0 aliphatic heterocycles. The van der Waals surface area contributed by atoms with Crippen molar-refractivity contribution in [2.24, 2.45) is 0 Å². The summed E-state index contributed by atoms with van der Waals surface area (Å²) in [7, 11) is 1.63. The first-order valence-corrected chi connectivity index (χ1v) is 8.79. The molecule has 0 amide bonds. The average molecular weight is 370 g/mol. The molecule has 0 aliphatic rings. The van der Waals surface area contributed by atoms with E-state index in [1.807, 2.05) is 60.7 Å². The first-order chi connectivity index (χ1) is 13.7. The van der Waals surface area contributed by atoms with Crippen LogP contribution in [0.4, 0.5) is 5.95 Å². The van der Waals surface area contributed by atoms with E-state index in [9.17, 15) is 5.26 Å². The van der Waals surface area contributed by atoms with Crippen molar-refractivity contribution in [3.05, 3.63) is 77.9 Å². The largest absolute Gasteiger partial charge is 0.497 e. The maximum Gasteiger partial charge on any atom is 0.201 e. The highest BCUT2D eigenvalue weighted by Crippen LogP contribution is 2.25. The van der Waals surface area contributed by atoms with E-state index in [0.717, 1.165) is 28.3 Å². The fourth-order valence-corrected chi connectivity index (χ4v) is 2.89. The van der Waals surface area contributed by atoms with Crippen molar-refractivity contribution in [1.82, 2.24) is 9.97 Å². The number of anilines is 1. The summed E-state index contributed by atoms with van der Waals surface area (Å²) in [5, 5.41) is 12.4. The third-order valence-corrected chi connectivity index (χ3v) is 4.29. The molecular weight excluding hydrogens is 352 g/mol. The number of aromatic nitrogens is 2. The molecule has 4 aromatic rings. The summed E-state index contributed by atoms with van der Waals surface area (Å²) >= 11 is 0. The van der Waals surface area contributed by atoms with Gasteiger partial charge in [0.05, 0.1) is 18.2 Å². The molecule has 0 saturated heterocycles. The Hall–Kier alpha value is -3.98. The Morgan fingerprint density at radius 1 is 1.00 bits per heavy atom. The SMILES string of the molecule is COc1ccc(Oc2cccc(CNc3nc4c(C#N)cccc4[nH]3)c2)cc1. The molecule has 0 atom stereocenters. The summed E-state index contributed by atoms with van der Waals surface area (Å²) in [5.41, 5.74) is 3.10. The molecular formula is C22H18N4O2. The van der Waals surface area contributed by atoms with Gasteiger partial charge in [0.15, 0.2) is 0 Å². The van der Waals surface area contributed by atoms with Gasteiger partial charge in [-0.3, -0.25) is 0 Å². The van der Waals surface area contributed by atoms with Gasteiger partial charge in [0.1, 0.15) is 28.8 Å².